The predicted molar refractivity (Wildman–Crippen MR) is 110 cm³/mol. The number of hydrogen-bond acceptors (Lipinski definition) is 5. The maximum Gasteiger partial charge on any atom is 0.416 e. The third kappa shape index (κ3) is 5.82. The Kier molecular flexibility index (Phi) is 6.90. The number of aromatic nitrogens is 2. The van der Waals surface area contributed by atoms with Gasteiger partial charge in [-0.1, -0.05) is 33.6 Å². The molecule has 0 fully saturated rings. The number of imidazole rings is 1. The van der Waals surface area contributed by atoms with Crippen LogP contribution >= 0.6 is 27.5 Å². The number of halogens is 2. The molecule has 9 heteroatoms. The topological polar surface area (TPSA) is 90.7 Å². The van der Waals surface area contributed by atoms with E-state index in [0.29, 0.717) is 40.5 Å². The molecule has 0 radical (unpaired) electrons. The second-order valence-electron chi connectivity index (χ2n) is 6.03. The molecule has 1 N–H and O–H groups in total. The van der Waals surface area contributed by atoms with Crippen LogP contribution in [0.5, 0.6) is 11.5 Å². The van der Waals surface area contributed by atoms with E-state index >= 15 is 0 Å². The van der Waals surface area contributed by atoms with Crippen molar-refractivity contribution in [3.63, 3.8) is 0 Å². The summed E-state index contributed by atoms with van der Waals surface area (Å²) < 4.78 is 13.3. The lowest BCUT2D eigenvalue weighted by atomic mass is 10.2. The zero-order valence-corrected chi connectivity index (χ0v) is 17.4. The summed E-state index contributed by atoms with van der Waals surface area (Å²) in [7, 11) is 0. The van der Waals surface area contributed by atoms with Crippen LogP contribution < -0.4 is 9.47 Å². The van der Waals surface area contributed by atoms with E-state index in [-0.39, 0.29) is 13.2 Å². The van der Waals surface area contributed by atoms with E-state index in [1.807, 2.05) is 6.07 Å². The van der Waals surface area contributed by atoms with E-state index in [1.165, 1.54) is 12.5 Å². The van der Waals surface area contributed by atoms with Crippen molar-refractivity contribution in [3.05, 3.63) is 75.2 Å². The third-order valence-electron chi connectivity index (χ3n) is 3.93. The van der Waals surface area contributed by atoms with Crippen LogP contribution in [0.4, 0.5) is 4.79 Å². The van der Waals surface area contributed by atoms with Crippen LogP contribution in [-0.2, 0) is 13.0 Å². The van der Waals surface area contributed by atoms with Crippen LogP contribution in [0, 0.1) is 0 Å². The average molecular weight is 480 g/mol. The van der Waals surface area contributed by atoms with Crippen molar-refractivity contribution in [2.45, 2.75) is 13.0 Å². The van der Waals surface area contributed by atoms with Crippen molar-refractivity contribution < 1.29 is 24.2 Å². The molecule has 0 amide bonds. The van der Waals surface area contributed by atoms with Crippen LogP contribution in [0.3, 0.4) is 0 Å². The molecular formula is C20H16BrClN2O5. The lowest BCUT2D eigenvalue weighted by molar-refractivity contribution is 0.112. The van der Waals surface area contributed by atoms with Gasteiger partial charge < -0.3 is 14.6 Å². The first kappa shape index (κ1) is 20.9. The number of hydrogen-bond donors (Lipinski definition) is 1. The fraction of sp³-hybridized carbons (Fsp3) is 0.150. The van der Waals surface area contributed by atoms with Gasteiger partial charge in [-0.3, -0.25) is 4.79 Å². The Morgan fingerprint density at radius 1 is 1.21 bits per heavy atom. The Morgan fingerprint density at radius 3 is 2.62 bits per heavy atom. The van der Waals surface area contributed by atoms with Gasteiger partial charge in [-0.05, 0) is 24.3 Å². The largest absolute Gasteiger partial charge is 0.493 e. The van der Waals surface area contributed by atoms with Crippen LogP contribution in [0.1, 0.15) is 21.6 Å². The van der Waals surface area contributed by atoms with E-state index in [9.17, 15) is 9.59 Å². The lowest BCUT2D eigenvalue weighted by Gasteiger charge is -2.11. The SMILES string of the molecule is O=Cc1cc(OCCc2cn(C(=O)O)cn2)cc(OCc2ccc(Cl)cc2Br)c1. The normalized spacial score (nSPS) is 10.6. The van der Waals surface area contributed by atoms with E-state index in [1.54, 1.807) is 30.3 Å². The summed E-state index contributed by atoms with van der Waals surface area (Å²) in [6.07, 6.45) is 2.68. The molecule has 0 spiro atoms. The quantitative estimate of drug-likeness (QED) is 0.465. The molecule has 29 heavy (non-hydrogen) atoms. The number of carbonyl (C=O) groups is 2. The van der Waals surface area contributed by atoms with Gasteiger partial charge in [0.15, 0.2) is 0 Å². The zero-order chi connectivity index (χ0) is 20.8. The summed E-state index contributed by atoms with van der Waals surface area (Å²) in [5, 5.41) is 9.51. The van der Waals surface area contributed by atoms with Crippen LogP contribution in [0.2, 0.25) is 5.02 Å². The highest BCUT2D eigenvalue weighted by molar-refractivity contribution is 9.10. The van der Waals surface area contributed by atoms with Gasteiger partial charge in [-0.2, -0.15) is 0 Å². The molecule has 0 saturated carbocycles. The van der Waals surface area contributed by atoms with Crippen molar-refractivity contribution in [3.8, 4) is 11.5 Å². The fourth-order valence-corrected chi connectivity index (χ4v) is 3.30. The van der Waals surface area contributed by atoms with Gasteiger partial charge in [0.05, 0.1) is 12.3 Å². The molecule has 1 heterocycles. The molecule has 0 aliphatic carbocycles. The molecule has 0 aliphatic rings. The first-order valence-electron chi connectivity index (χ1n) is 8.50. The lowest BCUT2D eigenvalue weighted by Crippen LogP contribution is -2.05. The maximum absolute atomic E-state index is 11.2. The number of carboxylic acid groups (broad SMARTS) is 1. The third-order valence-corrected chi connectivity index (χ3v) is 4.91. The fourth-order valence-electron chi connectivity index (χ4n) is 2.50. The Hall–Kier alpha value is -2.84. The van der Waals surface area contributed by atoms with E-state index in [2.05, 4.69) is 20.9 Å². The Bertz CT molecular complexity index is 1040. The molecule has 1 aromatic heterocycles. The zero-order valence-electron chi connectivity index (χ0n) is 15.0. The van der Waals surface area contributed by atoms with Gasteiger partial charge in [0.1, 0.15) is 30.7 Å². The molecule has 3 rings (SSSR count). The maximum atomic E-state index is 11.2. The molecular weight excluding hydrogens is 464 g/mol. The summed E-state index contributed by atoms with van der Waals surface area (Å²) in [5.74, 6) is 0.957. The molecule has 0 atom stereocenters. The first-order valence-corrected chi connectivity index (χ1v) is 9.67. The highest BCUT2D eigenvalue weighted by Crippen LogP contribution is 2.26. The van der Waals surface area contributed by atoms with Gasteiger partial charge >= 0.3 is 6.09 Å². The highest BCUT2D eigenvalue weighted by Gasteiger charge is 2.08. The number of carbonyl (C=O) groups excluding carboxylic acids is 1. The number of rotatable bonds is 8. The van der Waals surface area contributed by atoms with Gasteiger partial charge in [0.2, 0.25) is 0 Å². The number of ether oxygens (including phenoxy) is 2. The molecule has 2 aromatic carbocycles. The molecule has 3 aromatic rings. The minimum absolute atomic E-state index is 0.265. The van der Waals surface area contributed by atoms with Crippen molar-refractivity contribution in [1.82, 2.24) is 9.55 Å². The molecule has 0 saturated heterocycles. The second-order valence-corrected chi connectivity index (χ2v) is 7.32. The van der Waals surface area contributed by atoms with Crippen LogP contribution in [-0.4, -0.2) is 33.6 Å². The van der Waals surface area contributed by atoms with Crippen LogP contribution in [0.15, 0.2) is 53.4 Å². The van der Waals surface area contributed by atoms with Crippen molar-refractivity contribution in [2.24, 2.45) is 0 Å². The first-order chi connectivity index (χ1) is 13.9. The minimum atomic E-state index is -1.10. The summed E-state index contributed by atoms with van der Waals surface area (Å²) in [6.45, 7) is 0.549. The molecule has 7 nitrogen and oxygen atoms in total. The van der Waals surface area contributed by atoms with Crippen LogP contribution in [0.25, 0.3) is 0 Å². The predicted octanol–water partition coefficient (Wildman–Crippen LogP) is 4.84. The standard InChI is InChI=1S/C20H16BrClN2O5/c21-19-7-15(22)2-1-14(19)11-29-18-6-13(10-25)5-17(8-18)28-4-3-16-9-24(12-23-16)20(26)27/h1-2,5-10,12H,3-4,11H2,(H,26,27). The number of benzene rings is 2. The summed E-state index contributed by atoms with van der Waals surface area (Å²) in [6, 6.07) is 10.3. The summed E-state index contributed by atoms with van der Waals surface area (Å²) in [4.78, 5) is 26.1. The Labute approximate surface area is 180 Å². The molecule has 0 bridgehead atoms. The van der Waals surface area contributed by atoms with Gasteiger partial charge in [0, 0.05) is 39.3 Å². The van der Waals surface area contributed by atoms with E-state index in [0.717, 1.165) is 14.6 Å². The van der Waals surface area contributed by atoms with Gasteiger partial charge in [-0.15, -0.1) is 0 Å². The summed E-state index contributed by atoms with van der Waals surface area (Å²) >= 11 is 9.38. The highest BCUT2D eigenvalue weighted by atomic mass is 79.9. The molecule has 0 unspecified atom stereocenters. The second kappa shape index (κ2) is 9.58. The van der Waals surface area contributed by atoms with Gasteiger partial charge in [0.25, 0.3) is 0 Å². The monoisotopic (exact) mass is 478 g/mol. The van der Waals surface area contributed by atoms with Gasteiger partial charge in [-0.25, -0.2) is 14.3 Å². The minimum Gasteiger partial charge on any atom is -0.493 e. The Morgan fingerprint density at radius 2 is 1.97 bits per heavy atom. The van der Waals surface area contributed by atoms with Crippen molar-refractivity contribution in [1.29, 1.82) is 0 Å². The summed E-state index contributed by atoms with van der Waals surface area (Å²) in [5.41, 5.74) is 1.91. The molecule has 0 aliphatic heterocycles. The Balaban J connectivity index is 1.63. The smallest absolute Gasteiger partial charge is 0.416 e. The molecule has 150 valence electrons. The van der Waals surface area contributed by atoms with E-state index < -0.39 is 6.09 Å². The average Bonchev–Trinajstić information content (AvgIpc) is 3.16. The number of aldehydes is 1. The van der Waals surface area contributed by atoms with Crippen molar-refractivity contribution >= 4 is 39.9 Å². The van der Waals surface area contributed by atoms with Crippen molar-refractivity contribution in [2.75, 3.05) is 6.61 Å². The van der Waals surface area contributed by atoms with E-state index in [4.69, 9.17) is 26.2 Å². The number of nitrogens with zero attached hydrogens (tertiary/aromatic N) is 2.